The molecule has 1 amide bonds. The topological polar surface area (TPSA) is 72.5 Å². The molecule has 3 rings (SSSR count). The van der Waals surface area contributed by atoms with Gasteiger partial charge in [0.25, 0.3) is 5.91 Å². The van der Waals surface area contributed by atoms with Crippen LogP contribution in [0.4, 0.5) is 4.39 Å². The van der Waals surface area contributed by atoms with E-state index >= 15 is 0 Å². The minimum atomic E-state index is -0.731. The highest BCUT2D eigenvalue weighted by Gasteiger charge is 2.36. The number of carbonyl (C=O) groups excluding carboxylic acids is 2. The maximum absolute atomic E-state index is 14.2. The molecule has 0 aliphatic heterocycles. The van der Waals surface area contributed by atoms with Crippen LogP contribution in [0.5, 0.6) is 0 Å². The molecule has 168 valence electrons. The second kappa shape index (κ2) is 9.60. The van der Waals surface area contributed by atoms with Crippen molar-refractivity contribution in [2.75, 3.05) is 0 Å². The van der Waals surface area contributed by atoms with Crippen molar-refractivity contribution >= 4 is 17.5 Å². The van der Waals surface area contributed by atoms with Crippen LogP contribution in [0.15, 0.2) is 54.0 Å². The number of allylic oxidation sites excluding steroid dienone is 1. The molecule has 0 heterocycles. The number of aliphatic imine (C=N–C) groups is 1. The van der Waals surface area contributed by atoms with Crippen molar-refractivity contribution in [1.29, 1.82) is 0 Å². The lowest BCUT2D eigenvalue weighted by Gasteiger charge is -2.41. The molecule has 4 nitrogen and oxygen atoms in total. The van der Waals surface area contributed by atoms with Gasteiger partial charge in [0, 0.05) is 11.1 Å². The highest BCUT2D eigenvalue weighted by atomic mass is 19.1. The fourth-order valence-corrected chi connectivity index (χ4v) is 4.71. The van der Waals surface area contributed by atoms with Gasteiger partial charge < -0.3 is 5.73 Å². The average Bonchev–Trinajstić information content (AvgIpc) is 2.79. The van der Waals surface area contributed by atoms with E-state index in [1.165, 1.54) is 37.0 Å². The molecule has 32 heavy (non-hydrogen) atoms. The first-order chi connectivity index (χ1) is 15.2. The van der Waals surface area contributed by atoms with E-state index in [9.17, 15) is 14.0 Å². The minimum Gasteiger partial charge on any atom is -0.383 e. The van der Waals surface area contributed by atoms with Gasteiger partial charge in [-0.3, -0.25) is 9.59 Å². The predicted octanol–water partition coefficient (Wildman–Crippen LogP) is 5.77. The maximum atomic E-state index is 14.2. The van der Waals surface area contributed by atoms with Crippen LogP contribution in [-0.2, 0) is 11.8 Å². The third-order valence-electron chi connectivity index (χ3n) is 6.96. The van der Waals surface area contributed by atoms with Gasteiger partial charge in [0.2, 0.25) is 0 Å². The van der Waals surface area contributed by atoms with Crippen LogP contribution < -0.4 is 5.73 Å². The van der Waals surface area contributed by atoms with Crippen LogP contribution in [0, 0.1) is 11.7 Å². The van der Waals surface area contributed by atoms with Crippen LogP contribution in [0.25, 0.3) is 0 Å². The molecule has 0 saturated heterocycles. The van der Waals surface area contributed by atoms with E-state index in [1.807, 2.05) is 12.1 Å². The number of amides is 1. The first kappa shape index (κ1) is 23.6. The molecule has 5 heteroatoms. The number of ketones is 1. The average molecular weight is 435 g/mol. The van der Waals surface area contributed by atoms with Crippen molar-refractivity contribution in [1.82, 2.24) is 0 Å². The third-order valence-corrected chi connectivity index (χ3v) is 6.96. The van der Waals surface area contributed by atoms with Crippen molar-refractivity contribution in [2.24, 2.45) is 16.6 Å². The lowest BCUT2D eigenvalue weighted by atomic mass is 9.63. The van der Waals surface area contributed by atoms with Gasteiger partial charge >= 0.3 is 0 Å². The van der Waals surface area contributed by atoms with Crippen LogP contribution in [-0.4, -0.2) is 17.5 Å². The standard InChI is InChI=1S/C27H31FN2O2/c1-5-18-15-20(11-13-22(18)27(4)14-8-7-9-17(27)3)26(32)30-25(29)19-10-12-21(23(28)16-19)24(31)6-2/h6,10-13,15-17H,2,5,7-9,14H2,1,3-4H3,(H2,29,30,32). The predicted molar refractivity (Wildman–Crippen MR) is 127 cm³/mol. The molecule has 1 aliphatic rings. The molecule has 1 saturated carbocycles. The Bertz CT molecular complexity index is 1090. The van der Waals surface area contributed by atoms with E-state index in [0.717, 1.165) is 30.5 Å². The Balaban J connectivity index is 1.89. The Morgan fingerprint density at radius 3 is 2.56 bits per heavy atom. The van der Waals surface area contributed by atoms with Gasteiger partial charge in [-0.15, -0.1) is 0 Å². The Morgan fingerprint density at radius 2 is 1.94 bits per heavy atom. The number of rotatable bonds is 6. The van der Waals surface area contributed by atoms with Crippen LogP contribution in [0.3, 0.4) is 0 Å². The number of halogens is 1. The summed E-state index contributed by atoms with van der Waals surface area (Å²) >= 11 is 0. The maximum Gasteiger partial charge on any atom is 0.278 e. The molecule has 0 aromatic heterocycles. The monoisotopic (exact) mass is 434 g/mol. The highest BCUT2D eigenvalue weighted by molar-refractivity contribution is 6.10. The number of amidine groups is 1. The molecule has 1 aliphatic carbocycles. The SMILES string of the molecule is C=CC(=O)c1ccc(C(N)=NC(=O)c2ccc(C3(C)CCCCC3C)c(CC)c2)cc1F. The molecular weight excluding hydrogens is 403 g/mol. The van der Waals surface area contributed by atoms with Crippen LogP contribution >= 0.6 is 0 Å². The van der Waals surface area contributed by atoms with Gasteiger partial charge in [0.15, 0.2) is 5.78 Å². The normalized spacial score (nSPS) is 21.2. The first-order valence-electron chi connectivity index (χ1n) is 11.2. The van der Waals surface area contributed by atoms with Crippen molar-refractivity contribution in [3.8, 4) is 0 Å². The molecule has 0 bridgehead atoms. The Labute approximate surface area is 189 Å². The molecule has 1 fully saturated rings. The number of aryl methyl sites for hydroxylation is 1. The summed E-state index contributed by atoms with van der Waals surface area (Å²) in [6.07, 6.45) is 6.72. The Hall–Kier alpha value is -3.08. The summed E-state index contributed by atoms with van der Waals surface area (Å²) in [5.74, 6) is -1.24. The van der Waals surface area contributed by atoms with Gasteiger partial charge in [-0.05, 0) is 72.1 Å². The van der Waals surface area contributed by atoms with Crippen molar-refractivity contribution in [3.05, 3.63) is 82.7 Å². The van der Waals surface area contributed by atoms with Crippen LogP contribution in [0.2, 0.25) is 0 Å². The summed E-state index contributed by atoms with van der Waals surface area (Å²) in [5.41, 5.74) is 9.14. The first-order valence-corrected chi connectivity index (χ1v) is 11.2. The van der Waals surface area contributed by atoms with E-state index in [-0.39, 0.29) is 22.4 Å². The van der Waals surface area contributed by atoms with Gasteiger partial charge in [-0.25, -0.2) is 4.39 Å². The van der Waals surface area contributed by atoms with Crippen LogP contribution in [0.1, 0.15) is 83.9 Å². The Kier molecular flexibility index (Phi) is 7.07. The fourth-order valence-electron chi connectivity index (χ4n) is 4.71. The smallest absolute Gasteiger partial charge is 0.278 e. The van der Waals surface area contributed by atoms with E-state index in [0.29, 0.717) is 11.5 Å². The molecule has 2 atom stereocenters. The van der Waals surface area contributed by atoms with Crippen molar-refractivity contribution < 1.29 is 14.0 Å². The van der Waals surface area contributed by atoms with Crippen molar-refractivity contribution in [2.45, 2.75) is 58.3 Å². The summed E-state index contributed by atoms with van der Waals surface area (Å²) in [6.45, 7) is 10.1. The quantitative estimate of drug-likeness (QED) is 0.271. The number of hydrogen-bond acceptors (Lipinski definition) is 2. The molecule has 0 spiro atoms. The molecular formula is C27H31FN2O2. The summed E-state index contributed by atoms with van der Waals surface area (Å²) in [4.78, 5) is 28.4. The lowest BCUT2D eigenvalue weighted by molar-refractivity contribution is 0.100. The molecule has 2 aromatic rings. The summed E-state index contributed by atoms with van der Waals surface area (Å²) in [5, 5.41) is 0. The van der Waals surface area contributed by atoms with Gasteiger partial charge in [-0.1, -0.05) is 52.3 Å². The zero-order valence-corrected chi connectivity index (χ0v) is 19.1. The summed E-state index contributed by atoms with van der Waals surface area (Å²) < 4.78 is 14.2. The second-order valence-corrected chi connectivity index (χ2v) is 8.85. The van der Waals surface area contributed by atoms with Gasteiger partial charge in [0.05, 0.1) is 5.56 Å². The zero-order valence-electron chi connectivity index (χ0n) is 19.1. The molecule has 2 N–H and O–H groups in total. The number of hydrogen-bond donors (Lipinski definition) is 1. The Morgan fingerprint density at radius 1 is 1.22 bits per heavy atom. The van der Waals surface area contributed by atoms with E-state index in [1.54, 1.807) is 0 Å². The number of benzene rings is 2. The number of nitrogens with zero attached hydrogens (tertiary/aromatic N) is 1. The molecule has 2 unspecified atom stereocenters. The summed E-state index contributed by atoms with van der Waals surface area (Å²) in [6, 6.07) is 9.68. The number of carbonyl (C=O) groups is 2. The van der Waals surface area contributed by atoms with Gasteiger partial charge in [-0.2, -0.15) is 4.99 Å². The van der Waals surface area contributed by atoms with E-state index < -0.39 is 17.5 Å². The van der Waals surface area contributed by atoms with Gasteiger partial charge in [0.1, 0.15) is 11.7 Å². The minimum absolute atomic E-state index is 0.0958. The largest absolute Gasteiger partial charge is 0.383 e. The van der Waals surface area contributed by atoms with Crippen molar-refractivity contribution in [3.63, 3.8) is 0 Å². The third kappa shape index (κ3) is 4.57. The second-order valence-electron chi connectivity index (χ2n) is 8.85. The van der Waals surface area contributed by atoms with E-state index in [4.69, 9.17) is 5.73 Å². The zero-order chi connectivity index (χ0) is 23.5. The van der Waals surface area contributed by atoms with E-state index in [2.05, 4.69) is 38.4 Å². The lowest BCUT2D eigenvalue weighted by Crippen LogP contribution is -2.34. The highest BCUT2D eigenvalue weighted by Crippen LogP contribution is 2.44. The number of nitrogens with two attached hydrogens (primary N) is 1. The fraction of sp³-hybridized carbons (Fsp3) is 0.370. The molecule has 2 aromatic carbocycles. The summed E-state index contributed by atoms with van der Waals surface area (Å²) in [7, 11) is 0. The molecule has 0 radical (unpaired) electrons.